The molecule has 0 saturated carbocycles. The maximum absolute atomic E-state index is 13.5. The van der Waals surface area contributed by atoms with Crippen molar-refractivity contribution in [3.8, 4) is 0 Å². The first-order chi connectivity index (χ1) is 10.1. The van der Waals surface area contributed by atoms with Gasteiger partial charge in [0.15, 0.2) is 0 Å². The molecule has 0 fully saturated rings. The van der Waals surface area contributed by atoms with Gasteiger partial charge in [-0.3, -0.25) is 10.1 Å². The van der Waals surface area contributed by atoms with Gasteiger partial charge in [0.05, 0.1) is 4.92 Å². The second-order valence-electron chi connectivity index (χ2n) is 4.20. The average molecular weight is 291 g/mol. The molecule has 2 rings (SSSR count). The maximum atomic E-state index is 13.5. The largest absolute Gasteiger partial charge is 0.364 e. The molecule has 0 aliphatic carbocycles. The molecule has 0 radical (unpaired) electrons. The summed E-state index contributed by atoms with van der Waals surface area (Å²) in [5, 5.41) is 16.5. The average Bonchev–Trinajstić information content (AvgIpc) is 2.48. The molecule has 8 heteroatoms. The minimum absolute atomic E-state index is 0.107. The number of nitrogens with one attached hydrogen (secondary N) is 2. The molecule has 110 valence electrons. The predicted molar refractivity (Wildman–Crippen MR) is 76.8 cm³/mol. The molecular weight excluding hydrogens is 277 g/mol. The summed E-state index contributed by atoms with van der Waals surface area (Å²) in [7, 11) is 1.62. The predicted octanol–water partition coefficient (Wildman–Crippen LogP) is 2.22. The molecule has 0 aliphatic heterocycles. The van der Waals surface area contributed by atoms with Crippen molar-refractivity contribution in [2.75, 3.05) is 24.2 Å². The highest BCUT2D eigenvalue weighted by molar-refractivity contribution is 5.56. The van der Waals surface area contributed by atoms with E-state index in [0.29, 0.717) is 18.5 Å². The molecule has 2 aromatic rings. The SMILES string of the molecule is CNc1ncc([N+](=O)[O-])c(NCCc2ccccc2F)n1. The number of halogens is 1. The second-order valence-corrected chi connectivity index (χ2v) is 4.20. The van der Waals surface area contributed by atoms with Crippen LogP contribution in [0.15, 0.2) is 30.5 Å². The lowest BCUT2D eigenvalue weighted by molar-refractivity contribution is -0.384. The highest BCUT2D eigenvalue weighted by Gasteiger charge is 2.16. The summed E-state index contributed by atoms with van der Waals surface area (Å²) in [4.78, 5) is 18.1. The number of nitro groups is 1. The zero-order chi connectivity index (χ0) is 15.2. The van der Waals surface area contributed by atoms with Crippen molar-refractivity contribution >= 4 is 17.5 Å². The van der Waals surface area contributed by atoms with Crippen molar-refractivity contribution in [3.05, 3.63) is 52.0 Å². The standard InChI is InChI=1S/C13H14FN5O2/c1-15-13-17-8-11(19(20)21)12(18-13)16-7-6-9-4-2-3-5-10(9)14/h2-5,8H,6-7H2,1H3,(H2,15,16,17,18). The van der Waals surface area contributed by atoms with Gasteiger partial charge in [-0.05, 0) is 18.1 Å². The fraction of sp³-hybridized carbons (Fsp3) is 0.231. The second kappa shape index (κ2) is 6.60. The first kappa shape index (κ1) is 14.6. The molecule has 0 atom stereocenters. The minimum Gasteiger partial charge on any atom is -0.364 e. The summed E-state index contributed by atoms with van der Waals surface area (Å²) in [5.41, 5.74) is 0.318. The Kier molecular flexibility index (Phi) is 4.60. The van der Waals surface area contributed by atoms with Crippen LogP contribution in [-0.2, 0) is 6.42 Å². The molecule has 1 aromatic carbocycles. The minimum atomic E-state index is -0.565. The molecule has 7 nitrogen and oxygen atoms in total. The van der Waals surface area contributed by atoms with E-state index in [2.05, 4.69) is 20.6 Å². The van der Waals surface area contributed by atoms with Gasteiger partial charge in [0.2, 0.25) is 11.8 Å². The molecule has 1 aromatic heterocycles. The van der Waals surface area contributed by atoms with E-state index >= 15 is 0 Å². The van der Waals surface area contributed by atoms with Gasteiger partial charge in [0, 0.05) is 13.6 Å². The van der Waals surface area contributed by atoms with Gasteiger partial charge in [-0.15, -0.1) is 0 Å². The zero-order valence-electron chi connectivity index (χ0n) is 11.3. The summed E-state index contributed by atoms with van der Waals surface area (Å²) >= 11 is 0. The Balaban J connectivity index is 2.08. The van der Waals surface area contributed by atoms with Crippen molar-refractivity contribution < 1.29 is 9.31 Å². The number of nitrogens with zero attached hydrogens (tertiary/aromatic N) is 3. The molecular formula is C13H14FN5O2. The highest BCUT2D eigenvalue weighted by atomic mass is 19.1. The van der Waals surface area contributed by atoms with Crippen LogP contribution < -0.4 is 10.6 Å². The summed E-state index contributed by atoms with van der Waals surface area (Å²) in [5.74, 6) is 0.0806. The molecule has 0 aliphatic rings. The van der Waals surface area contributed by atoms with Gasteiger partial charge in [0.1, 0.15) is 12.0 Å². The summed E-state index contributed by atoms with van der Waals surface area (Å²) in [6.07, 6.45) is 1.52. The third kappa shape index (κ3) is 3.62. The van der Waals surface area contributed by atoms with Gasteiger partial charge in [-0.2, -0.15) is 4.98 Å². The van der Waals surface area contributed by atoms with Gasteiger partial charge in [0.25, 0.3) is 0 Å². The third-order valence-corrected chi connectivity index (χ3v) is 2.83. The number of hydrogen-bond acceptors (Lipinski definition) is 6. The molecule has 0 spiro atoms. The van der Waals surface area contributed by atoms with Crippen LogP contribution in [0.4, 0.5) is 21.8 Å². The van der Waals surface area contributed by atoms with Crippen LogP contribution in [0.1, 0.15) is 5.56 Å². The van der Waals surface area contributed by atoms with Crippen LogP contribution in [0.2, 0.25) is 0 Å². The van der Waals surface area contributed by atoms with Gasteiger partial charge >= 0.3 is 5.69 Å². The fourth-order valence-corrected chi connectivity index (χ4v) is 1.78. The summed E-state index contributed by atoms with van der Waals surface area (Å²) < 4.78 is 13.5. The van der Waals surface area contributed by atoms with E-state index in [1.165, 1.54) is 6.07 Å². The van der Waals surface area contributed by atoms with Crippen LogP contribution in [0.3, 0.4) is 0 Å². The highest BCUT2D eigenvalue weighted by Crippen LogP contribution is 2.21. The van der Waals surface area contributed by atoms with E-state index in [0.717, 1.165) is 6.20 Å². The lowest BCUT2D eigenvalue weighted by Crippen LogP contribution is -2.11. The summed E-state index contributed by atoms with van der Waals surface area (Å²) in [6, 6.07) is 6.40. The van der Waals surface area contributed by atoms with Crippen molar-refractivity contribution in [1.29, 1.82) is 0 Å². The zero-order valence-corrected chi connectivity index (χ0v) is 11.3. The smallest absolute Gasteiger partial charge is 0.329 e. The molecule has 21 heavy (non-hydrogen) atoms. The summed E-state index contributed by atoms with van der Waals surface area (Å²) in [6.45, 7) is 0.321. The molecule has 1 heterocycles. The lowest BCUT2D eigenvalue weighted by atomic mass is 10.1. The van der Waals surface area contributed by atoms with Crippen LogP contribution in [0.5, 0.6) is 0 Å². The van der Waals surface area contributed by atoms with Gasteiger partial charge < -0.3 is 10.6 Å². The molecule has 2 N–H and O–H groups in total. The number of hydrogen-bond donors (Lipinski definition) is 2. The van der Waals surface area contributed by atoms with E-state index in [-0.39, 0.29) is 23.3 Å². The van der Waals surface area contributed by atoms with Crippen molar-refractivity contribution in [2.24, 2.45) is 0 Å². The number of benzene rings is 1. The lowest BCUT2D eigenvalue weighted by Gasteiger charge is -2.08. The Bertz CT molecular complexity index is 650. The molecule has 0 unspecified atom stereocenters. The van der Waals surface area contributed by atoms with Crippen LogP contribution >= 0.6 is 0 Å². The Morgan fingerprint density at radius 2 is 2.14 bits per heavy atom. The first-order valence-corrected chi connectivity index (χ1v) is 6.28. The van der Waals surface area contributed by atoms with Crippen molar-refractivity contribution in [3.63, 3.8) is 0 Å². The van der Waals surface area contributed by atoms with Crippen molar-refractivity contribution in [2.45, 2.75) is 6.42 Å². The number of anilines is 2. The first-order valence-electron chi connectivity index (χ1n) is 6.28. The quantitative estimate of drug-likeness (QED) is 0.626. The fourth-order valence-electron chi connectivity index (χ4n) is 1.78. The molecule has 0 bridgehead atoms. The Labute approximate surface area is 120 Å². The normalized spacial score (nSPS) is 10.2. The van der Waals surface area contributed by atoms with Gasteiger partial charge in [-0.25, -0.2) is 9.37 Å². The van der Waals surface area contributed by atoms with Gasteiger partial charge in [-0.1, -0.05) is 18.2 Å². The Morgan fingerprint density at radius 1 is 1.38 bits per heavy atom. The van der Waals surface area contributed by atoms with E-state index < -0.39 is 4.92 Å². The van der Waals surface area contributed by atoms with Crippen LogP contribution in [0.25, 0.3) is 0 Å². The van der Waals surface area contributed by atoms with E-state index in [9.17, 15) is 14.5 Å². The van der Waals surface area contributed by atoms with E-state index in [4.69, 9.17) is 0 Å². The molecule has 0 amide bonds. The maximum Gasteiger partial charge on any atom is 0.329 e. The topological polar surface area (TPSA) is 93.0 Å². The Morgan fingerprint density at radius 3 is 2.81 bits per heavy atom. The van der Waals surface area contributed by atoms with Crippen LogP contribution in [0, 0.1) is 15.9 Å². The Hall–Kier alpha value is -2.77. The third-order valence-electron chi connectivity index (χ3n) is 2.83. The monoisotopic (exact) mass is 291 g/mol. The van der Waals surface area contributed by atoms with E-state index in [1.807, 2.05) is 0 Å². The number of rotatable bonds is 6. The van der Waals surface area contributed by atoms with Crippen LogP contribution in [-0.4, -0.2) is 28.5 Å². The van der Waals surface area contributed by atoms with E-state index in [1.54, 1.807) is 25.2 Å². The van der Waals surface area contributed by atoms with Crippen molar-refractivity contribution in [1.82, 2.24) is 9.97 Å². The number of aromatic nitrogens is 2. The molecule has 0 saturated heterocycles.